The number of oxazole rings is 1. The van der Waals surface area contributed by atoms with E-state index in [1.54, 1.807) is 23.1 Å². The van der Waals surface area contributed by atoms with Gasteiger partial charge in [-0.2, -0.15) is 5.10 Å². The number of aromatic nitrogens is 3. The molecule has 0 unspecified atom stereocenters. The molecule has 9 heteroatoms. The molecule has 0 radical (unpaired) electrons. The normalized spacial score (nSPS) is 15.4. The van der Waals surface area contributed by atoms with E-state index in [-0.39, 0.29) is 12.5 Å². The number of carbonyl (C=O) groups is 1. The van der Waals surface area contributed by atoms with Crippen LogP contribution in [0.4, 0.5) is 0 Å². The largest absolute Gasteiger partial charge is 0.420 e. The third-order valence-electron chi connectivity index (χ3n) is 5.06. The van der Waals surface area contributed by atoms with Crippen LogP contribution in [0.3, 0.4) is 0 Å². The van der Waals surface area contributed by atoms with Crippen molar-refractivity contribution >= 4 is 28.6 Å². The SMILES string of the molecule is CCn1cc(CN2CCN(C(=O)Cn3c(=O)oc4ccc(Cl)cc43)CC2)cn1. The second-order valence-corrected chi connectivity index (χ2v) is 7.36. The molecule has 1 fully saturated rings. The van der Waals surface area contributed by atoms with Crippen LogP contribution in [0.25, 0.3) is 11.1 Å². The Bertz CT molecular complexity index is 1050. The first-order valence-corrected chi connectivity index (χ1v) is 9.71. The molecule has 1 amide bonds. The standard InChI is InChI=1S/C19H22ClN5O3/c1-2-24-12-14(10-21-24)11-22-5-7-23(8-6-22)18(26)13-25-16-9-15(20)3-4-17(16)28-19(25)27/h3-4,9-10,12H,2,5-8,11,13H2,1H3. The maximum Gasteiger partial charge on any atom is 0.420 e. The molecule has 2 aromatic heterocycles. The number of benzene rings is 1. The van der Waals surface area contributed by atoms with Crippen molar-refractivity contribution in [3.05, 3.63) is 51.7 Å². The zero-order valence-electron chi connectivity index (χ0n) is 15.7. The number of aryl methyl sites for hydroxylation is 1. The molecule has 0 atom stereocenters. The number of piperazine rings is 1. The van der Waals surface area contributed by atoms with Gasteiger partial charge in [0.2, 0.25) is 5.91 Å². The summed E-state index contributed by atoms with van der Waals surface area (Å²) < 4.78 is 8.45. The number of hydrogen-bond acceptors (Lipinski definition) is 5. The van der Waals surface area contributed by atoms with Crippen LogP contribution in [-0.4, -0.2) is 56.2 Å². The van der Waals surface area contributed by atoms with E-state index in [4.69, 9.17) is 16.0 Å². The van der Waals surface area contributed by atoms with Crippen LogP contribution in [0.5, 0.6) is 0 Å². The average Bonchev–Trinajstić information content (AvgIpc) is 3.27. The number of halogens is 1. The second kappa shape index (κ2) is 7.81. The Morgan fingerprint density at radius 2 is 2.04 bits per heavy atom. The number of hydrogen-bond donors (Lipinski definition) is 0. The molecule has 8 nitrogen and oxygen atoms in total. The molecule has 3 aromatic rings. The van der Waals surface area contributed by atoms with Crippen molar-refractivity contribution in [2.45, 2.75) is 26.6 Å². The Kier molecular flexibility index (Phi) is 5.23. The highest BCUT2D eigenvalue weighted by Crippen LogP contribution is 2.18. The summed E-state index contributed by atoms with van der Waals surface area (Å²) >= 11 is 6.01. The quantitative estimate of drug-likeness (QED) is 0.649. The maximum absolute atomic E-state index is 12.7. The van der Waals surface area contributed by atoms with Gasteiger partial charge >= 0.3 is 5.76 Å². The van der Waals surface area contributed by atoms with E-state index in [9.17, 15) is 9.59 Å². The van der Waals surface area contributed by atoms with Gasteiger partial charge in [-0.25, -0.2) is 4.79 Å². The lowest BCUT2D eigenvalue weighted by molar-refractivity contribution is -0.133. The zero-order valence-corrected chi connectivity index (χ0v) is 16.4. The Labute approximate surface area is 166 Å². The zero-order chi connectivity index (χ0) is 19.7. The van der Waals surface area contributed by atoms with Crippen molar-refractivity contribution in [1.82, 2.24) is 24.1 Å². The van der Waals surface area contributed by atoms with Crippen LogP contribution in [0.15, 0.2) is 39.8 Å². The van der Waals surface area contributed by atoms with Crippen molar-refractivity contribution in [1.29, 1.82) is 0 Å². The fourth-order valence-electron chi connectivity index (χ4n) is 3.49. The van der Waals surface area contributed by atoms with Crippen LogP contribution in [-0.2, 0) is 24.4 Å². The molecular weight excluding hydrogens is 382 g/mol. The molecule has 0 aliphatic carbocycles. The van der Waals surface area contributed by atoms with Crippen molar-refractivity contribution in [2.24, 2.45) is 0 Å². The van der Waals surface area contributed by atoms with Gasteiger partial charge in [0.05, 0.1) is 11.7 Å². The second-order valence-electron chi connectivity index (χ2n) is 6.93. The molecule has 3 heterocycles. The predicted molar refractivity (Wildman–Crippen MR) is 105 cm³/mol. The van der Waals surface area contributed by atoms with E-state index < -0.39 is 5.76 Å². The summed E-state index contributed by atoms with van der Waals surface area (Å²) in [4.78, 5) is 28.9. The van der Waals surface area contributed by atoms with E-state index in [0.717, 1.165) is 26.2 Å². The van der Waals surface area contributed by atoms with Crippen LogP contribution < -0.4 is 5.76 Å². The molecule has 0 saturated carbocycles. The minimum Gasteiger partial charge on any atom is -0.408 e. The molecule has 148 valence electrons. The van der Waals surface area contributed by atoms with Crippen LogP contribution in [0.1, 0.15) is 12.5 Å². The summed E-state index contributed by atoms with van der Waals surface area (Å²) in [5.41, 5.74) is 2.15. The fourth-order valence-corrected chi connectivity index (χ4v) is 3.66. The first kappa shape index (κ1) is 18.8. The third kappa shape index (κ3) is 3.83. The Hall–Kier alpha value is -2.58. The van der Waals surface area contributed by atoms with Gasteiger partial charge in [-0.1, -0.05) is 11.6 Å². The molecule has 1 aliphatic heterocycles. The van der Waals surface area contributed by atoms with Gasteiger partial charge in [0.1, 0.15) is 6.54 Å². The van der Waals surface area contributed by atoms with Crippen molar-refractivity contribution < 1.29 is 9.21 Å². The summed E-state index contributed by atoms with van der Waals surface area (Å²) in [5, 5.41) is 4.79. The van der Waals surface area contributed by atoms with Crippen molar-refractivity contribution in [3.63, 3.8) is 0 Å². The highest BCUT2D eigenvalue weighted by molar-refractivity contribution is 6.31. The summed E-state index contributed by atoms with van der Waals surface area (Å²) in [5.74, 6) is -0.639. The van der Waals surface area contributed by atoms with Crippen LogP contribution in [0.2, 0.25) is 5.02 Å². The minimum atomic E-state index is -0.544. The van der Waals surface area contributed by atoms with Gasteiger partial charge in [-0.15, -0.1) is 0 Å². The lowest BCUT2D eigenvalue weighted by Gasteiger charge is -2.34. The number of nitrogens with zero attached hydrogens (tertiary/aromatic N) is 5. The minimum absolute atomic E-state index is 0.0462. The van der Waals surface area contributed by atoms with Crippen molar-refractivity contribution in [2.75, 3.05) is 26.2 Å². The maximum atomic E-state index is 12.7. The van der Waals surface area contributed by atoms with Gasteiger partial charge in [0.15, 0.2) is 5.58 Å². The van der Waals surface area contributed by atoms with E-state index in [0.29, 0.717) is 29.2 Å². The van der Waals surface area contributed by atoms with Gasteiger partial charge < -0.3 is 9.32 Å². The van der Waals surface area contributed by atoms with E-state index >= 15 is 0 Å². The Balaban J connectivity index is 1.37. The summed E-state index contributed by atoms with van der Waals surface area (Å²) in [6.07, 6.45) is 3.95. The molecule has 1 aromatic carbocycles. The van der Waals surface area contributed by atoms with E-state index in [1.165, 1.54) is 10.1 Å². The number of fused-ring (bicyclic) bond motifs is 1. The topological polar surface area (TPSA) is 76.5 Å². The van der Waals surface area contributed by atoms with Crippen molar-refractivity contribution in [3.8, 4) is 0 Å². The fraction of sp³-hybridized carbons (Fsp3) is 0.421. The average molecular weight is 404 g/mol. The van der Waals surface area contributed by atoms with Gasteiger partial charge in [0.25, 0.3) is 0 Å². The molecule has 1 aliphatic rings. The Morgan fingerprint density at radius 3 is 2.75 bits per heavy atom. The third-order valence-corrected chi connectivity index (χ3v) is 5.30. The van der Waals surface area contributed by atoms with Crippen LogP contribution >= 0.6 is 11.6 Å². The molecule has 0 bridgehead atoms. The van der Waals surface area contributed by atoms with Gasteiger partial charge in [-0.05, 0) is 25.1 Å². The molecular formula is C19H22ClN5O3. The van der Waals surface area contributed by atoms with Crippen LogP contribution in [0, 0.1) is 0 Å². The lowest BCUT2D eigenvalue weighted by atomic mass is 10.2. The molecule has 0 N–H and O–H groups in total. The summed E-state index contributed by atoms with van der Waals surface area (Å²) in [6, 6.07) is 4.94. The van der Waals surface area contributed by atoms with E-state index in [2.05, 4.69) is 23.1 Å². The molecule has 28 heavy (non-hydrogen) atoms. The first-order chi connectivity index (χ1) is 13.5. The highest BCUT2D eigenvalue weighted by atomic mass is 35.5. The molecule has 1 saturated heterocycles. The number of rotatable bonds is 5. The number of amides is 1. The molecule has 4 rings (SSSR count). The number of carbonyl (C=O) groups excluding carboxylic acids is 1. The monoisotopic (exact) mass is 403 g/mol. The van der Waals surface area contributed by atoms with Gasteiger partial charge in [0, 0.05) is 56.1 Å². The smallest absolute Gasteiger partial charge is 0.408 e. The van der Waals surface area contributed by atoms with E-state index in [1.807, 2.05) is 10.9 Å². The molecule has 0 spiro atoms. The summed E-state index contributed by atoms with van der Waals surface area (Å²) in [6.45, 7) is 6.53. The Morgan fingerprint density at radius 1 is 1.25 bits per heavy atom. The predicted octanol–water partition coefficient (Wildman–Crippen LogP) is 1.81. The summed E-state index contributed by atoms with van der Waals surface area (Å²) in [7, 11) is 0. The van der Waals surface area contributed by atoms with Gasteiger partial charge in [-0.3, -0.25) is 18.9 Å². The highest BCUT2D eigenvalue weighted by Gasteiger charge is 2.23. The first-order valence-electron chi connectivity index (χ1n) is 9.34. The lowest BCUT2D eigenvalue weighted by Crippen LogP contribution is -2.49.